The Labute approximate surface area is 190 Å². The van der Waals surface area contributed by atoms with E-state index in [2.05, 4.69) is 15.2 Å². The van der Waals surface area contributed by atoms with Gasteiger partial charge in [-0.05, 0) is 42.3 Å². The largest absolute Gasteiger partial charge is 0.493 e. The Hall–Kier alpha value is -3.78. The Kier molecular flexibility index (Phi) is 6.65. The topological polar surface area (TPSA) is 91.3 Å². The number of rotatable bonds is 8. The molecule has 0 atom stereocenters. The number of hydrogen-bond acceptors (Lipinski definition) is 5. The molecule has 0 aliphatic heterocycles. The van der Waals surface area contributed by atoms with Gasteiger partial charge in [0.05, 0.1) is 30.6 Å². The zero-order chi connectivity index (χ0) is 23.4. The molecule has 0 unspecified atom stereocenters. The third-order valence-corrected chi connectivity index (χ3v) is 5.38. The summed E-state index contributed by atoms with van der Waals surface area (Å²) in [5, 5.41) is 17.2. The van der Waals surface area contributed by atoms with Gasteiger partial charge in [0.2, 0.25) is 0 Å². The summed E-state index contributed by atoms with van der Waals surface area (Å²) >= 11 is 0. The van der Waals surface area contributed by atoms with Crippen LogP contribution in [0.15, 0.2) is 54.9 Å². The third-order valence-electron chi connectivity index (χ3n) is 5.38. The molecule has 2 heterocycles. The number of H-pyrrole nitrogens is 1. The summed E-state index contributed by atoms with van der Waals surface area (Å²) in [6, 6.07) is 11.5. The zero-order valence-electron chi connectivity index (χ0n) is 18.5. The Morgan fingerprint density at radius 1 is 1.21 bits per heavy atom. The summed E-state index contributed by atoms with van der Waals surface area (Å²) in [5.74, 6) is 0.00689. The van der Waals surface area contributed by atoms with Crippen LogP contribution in [-0.4, -0.2) is 44.7 Å². The molecule has 33 heavy (non-hydrogen) atoms. The number of aliphatic hydroxyl groups is 1. The van der Waals surface area contributed by atoms with E-state index in [0.29, 0.717) is 35.7 Å². The van der Waals surface area contributed by atoms with E-state index in [1.807, 2.05) is 13.0 Å². The predicted molar refractivity (Wildman–Crippen MR) is 123 cm³/mol. The molecule has 2 aromatic heterocycles. The lowest BCUT2D eigenvalue weighted by Crippen LogP contribution is -2.26. The summed E-state index contributed by atoms with van der Waals surface area (Å²) in [6.07, 6.45) is 4.05. The monoisotopic (exact) mass is 448 g/mol. The van der Waals surface area contributed by atoms with Gasteiger partial charge in [-0.25, -0.2) is 4.39 Å². The molecule has 0 fully saturated rings. The van der Waals surface area contributed by atoms with Crippen LogP contribution in [0.4, 0.5) is 4.39 Å². The van der Waals surface area contributed by atoms with E-state index in [9.17, 15) is 14.3 Å². The highest BCUT2D eigenvalue weighted by Gasteiger charge is 2.18. The molecule has 0 radical (unpaired) electrons. The molecular formula is C25H25FN4O3. The normalized spacial score (nSPS) is 11.0. The Balaban J connectivity index is 1.62. The van der Waals surface area contributed by atoms with Gasteiger partial charge in [0.15, 0.2) is 0 Å². The van der Waals surface area contributed by atoms with Crippen LogP contribution in [0.2, 0.25) is 0 Å². The third kappa shape index (κ3) is 4.70. The van der Waals surface area contributed by atoms with Crippen molar-refractivity contribution in [3.8, 4) is 16.9 Å². The molecule has 2 N–H and O–H groups in total. The number of halogens is 1. The highest BCUT2D eigenvalue weighted by atomic mass is 19.1. The lowest BCUT2D eigenvalue weighted by Gasteiger charge is -2.19. The predicted octanol–water partition coefficient (Wildman–Crippen LogP) is 4.32. The molecule has 1 amide bonds. The van der Waals surface area contributed by atoms with Crippen LogP contribution in [0.5, 0.6) is 5.75 Å². The van der Waals surface area contributed by atoms with Crippen molar-refractivity contribution in [3.05, 3.63) is 77.5 Å². The van der Waals surface area contributed by atoms with Crippen LogP contribution in [0.3, 0.4) is 0 Å². The van der Waals surface area contributed by atoms with Crippen LogP contribution in [0.1, 0.15) is 35.0 Å². The van der Waals surface area contributed by atoms with Gasteiger partial charge < -0.3 is 14.7 Å². The second kappa shape index (κ2) is 9.79. The van der Waals surface area contributed by atoms with Crippen molar-refractivity contribution < 1.29 is 19.0 Å². The SMILES string of the molecule is CCCOc1cc(C(=O)N(C)Cc2cnc(CO)c3cn[nH]c23)ccc1-c1cccc(F)c1. The maximum atomic E-state index is 13.8. The Bertz CT molecular complexity index is 1290. The second-order valence-electron chi connectivity index (χ2n) is 7.78. The molecule has 0 aliphatic rings. The highest BCUT2D eigenvalue weighted by molar-refractivity contribution is 5.96. The number of carbonyl (C=O) groups is 1. The van der Waals surface area contributed by atoms with Crippen molar-refractivity contribution in [1.29, 1.82) is 0 Å². The van der Waals surface area contributed by atoms with Gasteiger partial charge in [0, 0.05) is 41.9 Å². The molecule has 0 saturated carbocycles. The van der Waals surface area contributed by atoms with E-state index < -0.39 is 0 Å². The number of hydrogen-bond donors (Lipinski definition) is 2. The van der Waals surface area contributed by atoms with Gasteiger partial charge in [-0.3, -0.25) is 14.9 Å². The van der Waals surface area contributed by atoms with Crippen LogP contribution in [-0.2, 0) is 13.2 Å². The first-order valence-corrected chi connectivity index (χ1v) is 10.7. The molecule has 0 spiro atoms. The fraction of sp³-hybridized carbons (Fsp3) is 0.240. The number of ether oxygens (including phenoxy) is 1. The highest BCUT2D eigenvalue weighted by Crippen LogP contribution is 2.32. The Morgan fingerprint density at radius 2 is 2.06 bits per heavy atom. The molecule has 170 valence electrons. The number of carbonyl (C=O) groups excluding carboxylic acids is 1. The molecule has 0 saturated heterocycles. The van der Waals surface area contributed by atoms with Crippen molar-refractivity contribution in [2.75, 3.05) is 13.7 Å². The van der Waals surface area contributed by atoms with Crippen molar-refractivity contribution in [1.82, 2.24) is 20.1 Å². The van der Waals surface area contributed by atoms with Crippen LogP contribution in [0, 0.1) is 5.82 Å². The zero-order valence-corrected chi connectivity index (χ0v) is 18.5. The minimum absolute atomic E-state index is 0.191. The number of nitrogens with one attached hydrogen (secondary N) is 1. The molecule has 4 rings (SSSR count). The summed E-state index contributed by atoms with van der Waals surface area (Å²) in [7, 11) is 1.71. The van der Waals surface area contributed by atoms with Gasteiger partial charge in [0.25, 0.3) is 5.91 Å². The average molecular weight is 448 g/mol. The minimum atomic E-state index is -0.334. The van der Waals surface area contributed by atoms with Crippen molar-refractivity contribution in [2.45, 2.75) is 26.5 Å². The number of aromatic nitrogens is 3. The van der Waals surface area contributed by atoms with Gasteiger partial charge in [-0.2, -0.15) is 5.10 Å². The first kappa shape index (κ1) is 22.4. The van der Waals surface area contributed by atoms with E-state index in [-0.39, 0.29) is 18.3 Å². The van der Waals surface area contributed by atoms with E-state index in [1.54, 1.807) is 48.6 Å². The van der Waals surface area contributed by atoms with E-state index >= 15 is 0 Å². The quantitative estimate of drug-likeness (QED) is 0.419. The first-order chi connectivity index (χ1) is 16.0. The van der Waals surface area contributed by atoms with E-state index in [1.165, 1.54) is 12.1 Å². The lowest BCUT2D eigenvalue weighted by atomic mass is 10.0. The number of aliphatic hydroxyl groups excluding tert-OH is 1. The molecule has 7 nitrogen and oxygen atoms in total. The Morgan fingerprint density at radius 3 is 2.82 bits per heavy atom. The van der Waals surface area contributed by atoms with Crippen molar-refractivity contribution >= 4 is 16.8 Å². The van der Waals surface area contributed by atoms with Crippen LogP contribution in [0.25, 0.3) is 22.0 Å². The van der Waals surface area contributed by atoms with Gasteiger partial charge >= 0.3 is 0 Å². The molecule has 0 aliphatic carbocycles. The van der Waals surface area contributed by atoms with Gasteiger partial charge in [0.1, 0.15) is 11.6 Å². The maximum absolute atomic E-state index is 13.8. The first-order valence-electron chi connectivity index (χ1n) is 10.7. The maximum Gasteiger partial charge on any atom is 0.254 e. The molecular weight excluding hydrogens is 423 g/mol. The standard InChI is InChI=1S/C25H25FN4O3/c1-3-9-33-23-11-17(7-8-20(23)16-5-4-6-19(26)10-16)25(32)30(2)14-18-12-27-22(15-31)21-13-28-29-24(18)21/h4-8,10-13,31H,3,9,14-15H2,1-2H3,(H,28,29). The summed E-state index contributed by atoms with van der Waals surface area (Å²) in [6.45, 7) is 2.59. The molecule has 2 aromatic carbocycles. The van der Waals surface area contributed by atoms with Crippen molar-refractivity contribution in [3.63, 3.8) is 0 Å². The fourth-order valence-corrected chi connectivity index (χ4v) is 3.71. The number of fused-ring (bicyclic) bond motifs is 1. The number of benzene rings is 2. The number of aromatic amines is 1. The molecule has 8 heteroatoms. The van der Waals surface area contributed by atoms with E-state index in [4.69, 9.17) is 4.74 Å². The molecule has 4 aromatic rings. The second-order valence-corrected chi connectivity index (χ2v) is 7.78. The molecule has 0 bridgehead atoms. The summed E-state index contributed by atoms with van der Waals surface area (Å²) in [4.78, 5) is 19.1. The smallest absolute Gasteiger partial charge is 0.254 e. The van der Waals surface area contributed by atoms with Crippen LogP contribution < -0.4 is 4.74 Å². The van der Waals surface area contributed by atoms with Gasteiger partial charge in [-0.1, -0.05) is 19.1 Å². The van der Waals surface area contributed by atoms with E-state index in [0.717, 1.165) is 28.5 Å². The lowest BCUT2D eigenvalue weighted by molar-refractivity contribution is 0.0785. The number of amides is 1. The minimum Gasteiger partial charge on any atom is -0.493 e. The van der Waals surface area contributed by atoms with Crippen LogP contribution >= 0.6 is 0 Å². The van der Waals surface area contributed by atoms with Gasteiger partial charge in [-0.15, -0.1) is 0 Å². The summed E-state index contributed by atoms with van der Waals surface area (Å²) < 4.78 is 19.7. The number of pyridine rings is 1. The summed E-state index contributed by atoms with van der Waals surface area (Å²) in [5.41, 5.74) is 3.93. The van der Waals surface area contributed by atoms with Crippen molar-refractivity contribution in [2.24, 2.45) is 0 Å². The average Bonchev–Trinajstić information content (AvgIpc) is 3.33. The number of nitrogens with zero attached hydrogens (tertiary/aromatic N) is 3. The fourth-order valence-electron chi connectivity index (χ4n) is 3.71.